The highest BCUT2D eigenvalue weighted by atomic mass is 79.9. The van der Waals surface area contributed by atoms with E-state index in [1.807, 2.05) is 12.1 Å². The van der Waals surface area contributed by atoms with Crippen LogP contribution >= 0.6 is 15.9 Å². The Morgan fingerprint density at radius 3 is 3.06 bits per heavy atom. The Morgan fingerprint density at radius 2 is 2.41 bits per heavy atom. The molecule has 0 bridgehead atoms. The first-order valence-corrected chi connectivity index (χ1v) is 6.30. The number of carboxylic acid groups (broad SMARTS) is 1. The summed E-state index contributed by atoms with van der Waals surface area (Å²) in [5.41, 5.74) is 1.03. The van der Waals surface area contributed by atoms with Gasteiger partial charge in [-0.05, 0) is 40.9 Å². The van der Waals surface area contributed by atoms with Gasteiger partial charge < -0.3 is 15.3 Å². The third-order valence-electron chi connectivity index (χ3n) is 2.83. The van der Waals surface area contributed by atoms with Gasteiger partial charge in [0.05, 0.1) is 11.9 Å². The van der Waals surface area contributed by atoms with Crippen molar-refractivity contribution in [3.05, 3.63) is 22.9 Å². The Bertz CT molecular complexity index is 396. The van der Waals surface area contributed by atoms with E-state index in [1.165, 1.54) is 0 Å². The van der Waals surface area contributed by atoms with Crippen LogP contribution in [0.5, 0.6) is 0 Å². The van der Waals surface area contributed by atoms with Crippen LogP contribution in [0, 0.1) is 0 Å². The maximum absolute atomic E-state index is 10.6. The van der Waals surface area contributed by atoms with Gasteiger partial charge in [-0.3, -0.25) is 0 Å². The summed E-state index contributed by atoms with van der Waals surface area (Å²) in [5, 5.41) is 11.2. The third-order valence-corrected chi connectivity index (χ3v) is 3.29. The number of rotatable bonds is 2. The van der Waals surface area contributed by atoms with E-state index in [0.29, 0.717) is 6.54 Å². The average molecular weight is 300 g/mol. The number of amides is 1. The van der Waals surface area contributed by atoms with Crippen LogP contribution in [-0.4, -0.2) is 35.3 Å². The quantitative estimate of drug-likeness (QED) is 0.821. The molecule has 1 atom stereocenters. The van der Waals surface area contributed by atoms with Crippen LogP contribution in [0.15, 0.2) is 22.9 Å². The average Bonchev–Trinajstić information content (AvgIpc) is 2.29. The van der Waals surface area contributed by atoms with Crippen LogP contribution in [0.4, 0.5) is 10.5 Å². The summed E-state index contributed by atoms with van der Waals surface area (Å²) < 4.78 is 0.804. The number of nitrogens with zero attached hydrogens (tertiary/aromatic N) is 2. The Balaban J connectivity index is 2.01. The van der Waals surface area contributed by atoms with Crippen LogP contribution in [0.3, 0.4) is 0 Å². The van der Waals surface area contributed by atoms with Gasteiger partial charge in [0.1, 0.15) is 4.60 Å². The molecule has 6 heteroatoms. The van der Waals surface area contributed by atoms with Crippen molar-refractivity contribution in [2.45, 2.75) is 18.9 Å². The summed E-state index contributed by atoms with van der Waals surface area (Å²) in [6, 6.07) is 3.88. The van der Waals surface area contributed by atoms with Gasteiger partial charge in [-0.15, -0.1) is 0 Å². The van der Waals surface area contributed by atoms with Crippen molar-refractivity contribution in [1.82, 2.24) is 10.3 Å². The number of pyridine rings is 1. The summed E-state index contributed by atoms with van der Waals surface area (Å²) in [7, 11) is 0. The number of anilines is 1. The predicted octanol–water partition coefficient (Wildman–Crippen LogP) is 2.08. The van der Waals surface area contributed by atoms with Crippen molar-refractivity contribution in [1.29, 1.82) is 0 Å². The number of piperidine rings is 1. The predicted molar refractivity (Wildman–Crippen MR) is 68.3 cm³/mol. The molecule has 1 amide bonds. The van der Waals surface area contributed by atoms with Crippen LogP contribution in [-0.2, 0) is 0 Å². The number of nitrogens with one attached hydrogen (secondary N) is 1. The molecule has 92 valence electrons. The maximum atomic E-state index is 10.6. The number of hydrogen-bond acceptors (Lipinski definition) is 3. The summed E-state index contributed by atoms with van der Waals surface area (Å²) in [6.45, 7) is 1.65. The van der Waals surface area contributed by atoms with Crippen molar-refractivity contribution in [2.24, 2.45) is 0 Å². The molecule has 0 aliphatic carbocycles. The first-order chi connectivity index (χ1) is 8.15. The molecule has 1 fully saturated rings. The van der Waals surface area contributed by atoms with Crippen molar-refractivity contribution in [3.8, 4) is 0 Å². The van der Waals surface area contributed by atoms with Gasteiger partial charge in [-0.1, -0.05) is 0 Å². The Hall–Kier alpha value is -1.30. The molecule has 5 nitrogen and oxygen atoms in total. The molecule has 17 heavy (non-hydrogen) atoms. The Labute approximate surface area is 108 Å². The third kappa shape index (κ3) is 3.33. The fourth-order valence-electron chi connectivity index (χ4n) is 2.06. The highest BCUT2D eigenvalue weighted by molar-refractivity contribution is 9.10. The van der Waals surface area contributed by atoms with Crippen molar-refractivity contribution in [3.63, 3.8) is 0 Å². The van der Waals surface area contributed by atoms with Gasteiger partial charge in [-0.2, -0.15) is 0 Å². The monoisotopic (exact) mass is 299 g/mol. The van der Waals surface area contributed by atoms with Gasteiger partial charge in [0.25, 0.3) is 0 Å². The van der Waals surface area contributed by atoms with E-state index < -0.39 is 6.09 Å². The van der Waals surface area contributed by atoms with Crippen LogP contribution < -0.4 is 10.2 Å². The van der Waals surface area contributed by atoms with Crippen LogP contribution in [0.1, 0.15) is 12.8 Å². The zero-order chi connectivity index (χ0) is 12.3. The number of halogens is 1. The van der Waals surface area contributed by atoms with Crippen LogP contribution in [0.2, 0.25) is 0 Å². The van der Waals surface area contributed by atoms with Crippen molar-refractivity contribution >= 4 is 27.7 Å². The van der Waals surface area contributed by atoms with E-state index in [1.54, 1.807) is 6.20 Å². The van der Waals surface area contributed by atoms with Crippen molar-refractivity contribution in [2.75, 3.05) is 18.0 Å². The maximum Gasteiger partial charge on any atom is 0.404 e. The minimum absolute atomic E-state index is 0.00453. The molecule has 0 spiro atoms. The molecule has 0 aromatic carbocycles. The Kier molecular flexibility index (Phi) is 3.83. The van der Waals surface area contributed by atoms with Gasteiger partial charge in [0, 0.05) is 19.1 Å². The molecule has 1 unspecified atom stereocenters. The molecule has 1 aromatic heterocycles. The molecule has 1 saturated heterocycles. The largest absolute Gasteiger partial charge is 0.465 e. The SMILES string of the molecule is O=C(O)NC1CCCN(c2ccc(Br)nc2)C1. The smallest absolute Gasteiger partial charge is 0.404 e. The lowest BCUT2D eigenvalue weighted by Gasteiger charge is -2.34. The molecule has 0 saturated carbocycles. The molecule has 2 rings (SSSR count). The Morgan fingerprint density at radius 1 is 1.59 bits per heavy atom. The van der Waals surface area contributed by atoms with Gasteiger partial charge >= 0.3 is 6.09 Å². The summed E-state index contributed by atoms with van der Waals surface area (Å²) in [5.74, 6) is 0. The standard InChI is InChI=1S/C11H14BrN3O2/c12-10-4-3-9(6-13-10)15-5-1-2-8(7-15)14-11(16)17/h3-4,6,8,14H,1-2,5,7H2,(H,16,17). The molecule has 2 N–H and O–H groups in total. The number of hydrogen-bond donors (Lipinski definition) is 2. The zero-order valence-electron chi connectivity index (χ0n) is 9.27. The number of aromatic nitrogens is 1. The summed E-state index contributed by atoms with van der Waals surface area (Å²) in [6.07, 6.45) is 2.73. The fourth-order valence-corrected chi connectivity index (χ4v) is 2.29. The molecule has 1 aliphatic heterocycles. The fraction of sp³-hybridized carbons (Fsp3) is 0.455. The second-order valence-electron chi connectivity index (χ2n) is 4.07. The summed E-state index contributed by atoms with van der Waals surface area (Å²) in [4.78, 5) is 16.9. The van der Waals surface area contributed by atoms with Crippen molar-refractivity contribution < 1.29 is 9.90 Å². The van der Waals surface area contributed by atoms with Gasteiger partial charge in [-0.25, -0.2) is 9.78 Å². The molecule has 0 radical (unpaired) electrons. The number of carbonyl (C=O) groups is 1. The summed E-state index contributed by atoms with van der Waals surface area (Å²) >= 11 is 3.29. The normalized spacial score (nSPS) is 20.1. The van der Waals surface area contributed by atoms with E-state index in [0.717, 1.165) is 29.7 Å². The molecule has 1 aliphatic rings. The minimum Gasteiger partial charge on any atom is -0.465 e. The zero-order valence-corrected chi connectivity index (χ0v) is 10.9. The van der Waals surface area contributed by atoms with E-state index in [-0.39, 0.29) is 6.04 Å². The van der Waals surface area contributed by atoms with E-state index in [2.05, 4.69) is 31.1 Å². The van der Waals surface area contributed by atoms with Crippen LogP contribution in [0.25, 0.3) is 0 Å². The van der Waals surface area contributed by atoms with E-state index >= 15 is 0 Å². The minimum atomic E-state index is -0.953. The second-order valence-corrected chi connectivity index (χ2v) is 4.89. The van der Waals surface area contributed by atoms with E-state index in [9.17, 15) is 4.79 Å². The first-order valence-electron chi connectivity index (χ1n) is 5.51. The van der Waals surface area contributed by atoms with Gasteiger partial charge in [0.15, 0.2) is 0 Å². The second kappa shape index (κ2) is 5.35. The first kappa shape index (κ1) is 12.2. The molecule has 2 heterocycles. The molecular weight excluding hydrogens is 286 g/mol. The lowest BCUT2D eigenvalue weighted by molar-refractivity contribution is 0.188. The lowest BCUT2D eigenvalue weighted by atomic mass is 10.1. The molecule has 1 aromatic rings. The highest BCUT2D eigenvalue weighted by Crippen LogP contribution is 2.20. The van der Waals surface area contributed by atoms with Gasteiger partial charge in [0.2, 0.25) is 0 Å². The topological polar surface area (TPSA) is 65.5 Å². The van der Waals surface area contributed by atoms with E-state index in [4.69, 9.17) is 5.11 Å². The highest BCUT2D eigenvalue weighted by Gasteiger charge is 2.21. The molecular formula is C11H14BrN3O2. The lowest BCUT2D eigenvalue weighted by Crippen LogP contribution is -2.47.